The second-order valence-corrected chi connectivity index (χ2v) is 6.31. The number of hydrogen-bond donors (Lipinski definition) is 1. The van der Waals surface area contributed by atoms with Gasteiger partial charge in [0.25, 0.3) is 0 Å². The lowest BCUT2D eigenvalue weighted by atomic mass is 10.1. The molecule has 1 rings (SSSR count). The molecule has 6 heteroatoms. The molecule has 0 heterocycles. The van der Waals surface area contributed by atoms with E-state index in [1.54, 1.807) is 14.2 Å². The quantitative estimate of drug-likeness (QED) is 0.549. The molecule has 0 fully saturated rings. The van der Waals surface area contributed by atoms with E-state index in [-0.39, 0.29) is 0 Å². The Hall–Kier alpha value is -1.14. The Morgan fingerprint density at radius 3 is 2.64 bits per heavy atom. The summed E-state index contributed by atoms with van der Waals surface area (Å²) in [6, 6.07) is 6.01. The third kappa shape index (κ3) is 6.32. The topological polar surface area (TPSA) is 33.7 Å². The monoisotopic (exact) mass is 342 g/mol. The van der Waals surface area contributed by atoms with Gasteiger partial charge in [-0.15, -0.1) is 0 Å². The third-order valence-corrected chi connectivity index (χ3v) is 4.48. The van der Waals surface area contributed by atoms with Crippen molar-refractivity contribution in [3.63, 3.8) is 0 Å². The SMILES string of the molecule is COc1ccc(CCN(C)C(=S)NCCCSC)cc1OC. The summed E-state index contributed by atoms with van der Waals surface area (Å²) in [5.74, 6) is 2.68. The molecular formula is C16H26N2O2S2. The van der Waals surface area contributed by atoms with Gasteiger partial charge in [0.2, 0.25) is 0 Å². The fourth-order valence-corrected chi connectivity index (χ4v) is 2.61. The predicted molar refractivity (Wildman–Crippen MR) is 99.5 cm³/mol. The minimum atomic E-state index is 0.755. The maximum absolute atomic E-state index is 5.39. The standard InChI is InChI=1S/C16H26N2O2S2/c1-18(16(21)17-9-5-11-22-4)10-8-13-6-7-14(19-2)15(12-13)20-3/h6-7,12H,5,8-11H2,1-4H3,(H,17,21). The molecule has 1 aromatic carbocycles. The van der Waals surface area contributed by atoms with Crippen LogP contribution in [0.3, 0.4) is 0 Å². The van der Waals surface area contributed by atoms with E-state index >= 15 is 0 Å². The fraction of sp³-hybridized carbons (Fsp3) is 0.562. The highest BCUT2D eigenvalue weighted by Crippen LogP contribution is 2.27. The summed E-state index contributed by atoms with van der Waals surface area (Å²) in [6.45, 7) is 1.80. The molecule has 0 aliphatic heterocycles. The molecule has 1 aromatic rings. The van der Waals surface area contributed by atoms with Gasteiger partial charge in [-0.2, -0.15) is 11.8 Å². The smallest absolute Gasteiger partial charge is 0.168 e. The van der Waals surface area contributed by atoms with Crippen LogP contribution in [-0.2, 0) is 6.42 Å². The first kappa shape index (κ1) is 18.9. The normalized spacial score (nSPS) is 10.2. The Kier molecular flexibility index (Phi) is 9.08. The second kappa shape index (κ2) is 10.6. The van der Waals surface area contributed by atoms with E-state index in [2.05, 4.69) is 22.5 Å². The first-order valence-corrected chi connectivity index (χ1v) is 9.11. The molecule has 0 amide bonds. The van der Waals surface area contributed by atoms with E-state index in [0.29, 0.717) is 0 Å². The van der Waals surface area contributed by atoms with Crippen molar-refractivity contribution in [1.82, 2.24) is 10.2 Å². The van der Waals surface area contributed by atoms with E-state index in [1.165, 1.54) is 5.56 Å². The first-order valence-electron chi connectivity index (χ1n) is 7.31. The maximum Gasteiger partial charge on any atom is 0.168 e. The summed E-state index contributed by atoms with van der Waals surface area (Å²) >= 11 is 7.25. The maximum atomic E-state index is 5.39. The number of nitrogens with one attached hydrogen (secondary N) is 1. The summed E-state index contributed by atoms with van der Waals surface area (Å²) in [5, 5.41) is 4.10. The van der Waals surface area contributed by atoms with Crippen LogP contribution in [0.2, 0.25) is 0 Å². The summed E-state index contributed by atoms with van der Waals surface area (Å²) in [7, 11) is 5.32. The number of likely N-dealkylation sites (N-methyl/N-ethyl adjacent to an activating group) is 1. The van der Waals surface area contributed by atoms with Crippen molar-refractivity contribution in [3.05, 3.63) is 23.8 Å². The van der Waals surface area contributed by atoms with E-state index in [0.717, 1.165) is 48.3 Å². The van der Waals surface area contributed by atoms with Gasteiger partial charge in [0.05, 0.1) is 14.2 Å². The molecule has 0 saturated heterocycles. The predicted octanol–water partition coefficient (Wildman–Crippen LogP) is 2.81. The molecule has 0 aliphatic rings. The number of nitrogens with zero attached hydrogens (tertiary/aromatic N) is 1. The van der Waals surface area contributed by atoms with Crippen LogP contribution in [0, 0.1) is 0 Å². The van der Waals surface area contributed by atoms with Gasteiger partial charge in [-0.1, -0.05) is 6.07 Å². The van der Waals surface area contributed by atoms with Crippen molar-refractivity contribution in [2.75, 3.05) is 46.4 Å². The van der Waals surface area contributed by atoms with Crippen molar-refractivity contribution >= 4 is 29.1 Å². The van der Waals surface area contributed by atoms with Gasteiger partial charge in [0.1, 0.15) is 0 Å². The lowest BCUT2D eigenvalue weighted by molar-refractivity contribution is 0.354. The van der Waals surface area contributed by atoms with Crippen molar-refractivity contribution in [2.45, 2.75) is 12.8 Å². The van der Waals surface area contributed by atoms with Gasteiger partial charge in [0, 0.05) is 20.1 Å². The van der Waals surface area contributed by atoms with E-state index < -0.39 is 0 Å². The van der Waals surface area contributed by atoms with Crippen LogP contribution in [0.15, 0.2) is 18.2 Å². The molecule has 0 aliphatic carbocycles. The fourth-order valence-electron chi connectivity index (χ4n) is 1.98. The molecule has 0 spiro atoms. The van der Waals surface area contributed by atoms with E-state index in [9.17, 15) is 0 Å². The van der Waals surface area contributed by atoms with Crippen LogP contribution in [0.5, 0.6) is 11.5 Å². The molecule has 0 atom stereocenters. The molecule has 0 aromatic heterocycles. The van der Waals surface area contributed by atoms with Crippen LogP contribution < -0.4 is 14.8 Å². The molecule has 0 bridgehead atoms. The molecule has 124 valence electrons. The number of hydrogen-bond acceptors (Lipinski definition) is 4. The Labute approximate surface area is 143 Å². The third-order valence-electron chi connectivity index (χ3n) is 3.33. The van der Waals surface area contributed by atoms with Crippen LogP contribution in [0.25, 0.3) is 0 Å². The van der Waals surface area contributed by atoms with Crippen LogP contribution >= 0.6 is 24.0 Å². The Bertz CT molecular complexity index is 469. The zero-order valence-electron chi connectivity index (χ0n) is 13.8. The van der Waals surface area contributed by atoms with Crippen molar-refractivity contribution in [1.29, 1.82) is 0 Å². The number of thioether (sulfide) groups is 1. The Balaban J connectivity index is 2.43. The number of methoxy groups -OCH3 is 2. The van der Waals surface area contributed by atoms with Crippen LogP contribution in [0.4, 0.5) is 0 Å². The molecule has 0 radical (unpaired) electrons. The molecule has 0 unspecified atom stereocenters. The zero-order valence-corrected chi connectivity index (χ0v) is 15.5. The van der Waals surface area contributed by atoms with Gasteiger partial charge in [-0.05, 0) is 54.8 Å². The van der Waals surface area contributed by atoms with Crippen LogP contribution in [0.1, 0.15) is 12.0 Å². The Morgan fingerprint density at radius 1 is 1.27 bits per heavy atom. The van der Waals surface area contributed by atoms with Crippen molar-refractivity contribution in [2.24, 2.45) is 0 Å². The average molecular weight is 343 g/mol. The highest BCUT2D eigenvalue weighted by Gasteiger charge is 2.07. The Morgan fingerprint density at radius 2 is 2.00 bits per heavy atom. The molecule has 22 heavy (non-hydrogen) atoms. The second-order valence-electron chi connectivity index (χ2n) is 4.94. The van der Waals surface area contributed by atoms with Gasteiger partial charge < -0.3 is 19.7 Å². The van der Waals surface area contributed by atoms with Crippen molar-refractivity contribution in [3.8, 4) is 11.5 Å². The molecule has 4 nitrogen and oxygen atoms in total. The number of thiocarbonyl (C=S) groups is 1. The van der Waals surface area contributed by atoms with Gasteiger partial charge in [-0.3, -0.25) is 0 Å². The van der Waals surface area contributed by atoms with Gasteiger partial charge in [0.15, 0.2) is 16.6 Å². The lowest BCUT2D eigenvalue weighted by Gasteiger charge is -2.21. The highest BCUT2D eigenvalue weighted by molar-refractivity contribution is 7.98. The van der Waals surface area contributed by atoms with E-state index in [4.69, 9.17) is 21.7 Å². The summed E-state index contributed by atoms with van der Waals surface area (Å²) < 4.78 is 10.6. The van der Waals surface area contributed by atoms with E-state index in [1.807, 2.05) is 30.9 Å². The largest absolute Gasteiger partial charge is 0.493 e. The van der Waals surface area contributed by atoms with Gasteiger partial charge in [-0.25, -0.2) is 0 Å². The number of ether oxygens (including phenoxy) is 2. The van der Waals surface area contributed by atoms with Gasteiger partial charge >= 0.3 is 0 Å². The highest BCUT2D eigenvalue weighted by atomic mass is 32.2. The average Bonchev–Trinajstić information content (AvgIpc) is 2.55. The number of benzene rings is 1. The minimum Gasteiger partial charge on any atom is -0.493 e. The minimum absolute atomic E-state index is 0.755. The molecule has 0 saturated carbocycles. The summed E-state index contributed by atoms with van der Waals surface area (Å²) in [5.41, 5.74) is 1.20. The van der Waals surface area contributed by atoms with Crippen LogP contribution in [-0.4, -0.2) is 56.4 Å². The summed E-state index contributed by atoms with van der Waals surface area (Å²) in [4.78, 5) is 2.07. The molecule has 1 N–H and O–H groups in total. The zero-order chi connectivity index (χ0) is 16.4. The lowest BCUT2D eigenvalue weighted by Crippen LogP contribution is -2.38. The summed E-state index contributed by atoms with van der Waals surface area (Å²) in [6.07, 6.45) is 4.15. The molecular weight excluding hydrogens is 316 g/mol. The van der Waals surface area contributed by atoms with Crippen molar-refractivity contribution < 1.29 is 9.47 Å². The first-order chi connectivity index (χ1) is 10.6. The number of rotatable bonds is 9.